The van der Waals surface area contributed by atoms with Crippen LogP contribution in [0.1, 0.15) is 40.2 Å². The summed E-state index contributed by atoms with van der Waals surface area (Å²) in [4.78, 5) is 13.9. The first-order valence-corrected chi connectivity index (χ1v) is 9.61. The Morgan fingerprint density at radius 2 is 1.74 bits per heavy atom. The van der Waals surface area contributed by atoms with Crippen LogP contribution in [0.2, 0.25) is 0 Å². The summed E-state index contributed by atoms with van der Waals surface area (Å²) in [5, 5.41) is 3.00. The first-order chi connectivity index (χ1) is 12.6. The number of ether oxygens (including phenoxy) is 2. The van der Waals surface area contributed by atoms with E-state index in [2.05, 4.69) is 10.2 Å². The lowest BCUT2D eigenvalue weighted by atomic mass is 9.82. The van der Waals surface area contributed by atoms with E-state index in [4.69, 9.17) is 9.47 Å². The molecule has 2 fully saturated rings. The number of alkyl halides is 1. The van der Waals surface area contributed by atoms with E-state index in [9.17, 15) is 9.18 Å². The molecule has 2 heterocycles. The molecule has 0 spiro atoms. The van der Waals surface area contributed by atoms with Gasteiger partial charge in [0.15, 0.2) is 0 Å². The topological polar surface area (TPSA) is 50.8 Å². The molecule has 0 unspecified atom stereocenters. The minimum absolute atomic E-state index is 0.122. The van der Waals surface area contributed by atoms with Crippen molar-refractivity contribution < 1.29 is 18.7 Å². The van der Waals surface area contributed by atoms with Crippen molar-refractivity contribution in [1.29, 1.82) is 0 Å². The first-order valence-electron chi connectivity index (χ1n) is 9.61. The molecule has 150 valence electrons. The third-order valence-corrected chi connectivity index (χ3v) is 6.09. The Hall–Kier alpha value is -1.50. The fourth-order valence-corrected chi connectivity index (χ4v) is 3.98. The minimum atomic E-state index is -0.571. The average molecular weight is 378 g/mol. The predicted octanol–water partition coefficient (Wildman–Crippen LogP) is 2.69. The third kappa shape index (κ3) is 4.03. The molecule has 4 atom stereocenters. The van der Waals surface area contributed by atoms with Crippen LogP contribution in [0, 0.1) is 0 Å². The standard InChI is InChI=1S/C21H31FN2O3/c1-14(25)23-16-13-24(12-15-9-7-6-8-10-15)17(11-22)19-18(16)26-20(2,3)21(4,5)27-19/h6-10,16-19H,11-13H2,1-5H3,(H,23,25)/t16-,17+,18+,19+/m0/s1. The molecule has 0 radical (unpaired) electrons. The van der Waals surface area contributed by atoms with Gasteiger partial charge in [-0.25, -0.2) is 4.39 Å². The number of halogens is 1. The summed E-state index contributed by atoms with van der Waals surface area (Å²) in [5.41, 5.74) is -0.0156. The number of hydrogen-bond donors (Lipinski definition) is 1. The largest absolute Gasteiger partial charge is 0.365 e. The Kier molecular flexibility index (Phi) is 5.62. The van der Waals surface area contributed by atoms with E-state index >= 15 is 0 Å². The Morgan fingerprint density at radius 1 is 1.15 bits per heavy atom. The van der Waals surface area contributed by atoms with Gasteiger partial charge in [-0.3, -0.25) is 9.69 Å². The summed E-state index contributed by atoms with van der Waals surface area (Å²) in [6.45, 7) is 10.00. The molecular weight excluding hydrogens is 347 g/mol. The van der Waals surface area contributed by atoms with E-state index in [0.717, 1.165) is 5.56 Å². The van der Waals surface area contributed by atoms with Gasteiger partial charge in [0, 0.05) is 20.0 Å². The van der Waals surface area contributed by atoms with Gasteiger partial charge in [-0.05, 0) is 33.3 Å². The van der Waals surface area contributed by atoms with Crippen LogP contribution in [0.25, 0.3) is 0 Å². The van der Waals surface area contributed by atoms with E-state index < -0.39 is 30.0 Å². The molecule has 2 aliphatic rings. The number of nitrogens with one attached hydrogen (secondary N) is 1. The minimum Gasteiger partial charge on any atom is -0.365 e. The summed E-state index contributed by atoms with van der Waals surface area (Å²) >= 11 is 0. The summed E-state index contributed by atoms with van der Waals surface area (Å²) in [5.74, 6) is -0.122. The van der Waals surface area contributed by atoms with E-state index in [1.807, 2.05) is 58.0 Å². The second-order valence-electron chi connectivity index (χ2n) is 8.63. The Labute approximate surface area is 161 Å². The van der Waals surface area contributed by atoms with Gasteiger partial charge >= 0.3 is 0 Å². The predicted molar refractivity (Wildman–Crippen MR) is 102 cm³/mol. The van der Waals surface area contributed by atoms with Crippen molar-refractivity contribution in [2.45, 2.75) is 76.7 Å². The van der Waals surface area contributed by atoms with Crippen molar-refractivity contribution >= 4 is 5.91 Å². The van der Waals surface area contributed by atoms with Gasteiger partial charge in [-0.2, -0.15) is 0 Å². The number of hydrogen-bond acceptors (Lipinski definition) is 4. The lowest BCUT2D eigenvalue weighted by molar-refractivity contribution is -0.321. The van der Waals surface area contributed by atoms with Gasteiger partial charge in [-0.1, -0.05) is 30.3 Å². The second kappa shape index (κ2) is 7.49. The Bertz CT molecular complexity index is 665. The number of piperidine rings is 1. The second-order valence-corrected chi connectivity index (χ2v) is 8.63. The van der Waals surface area contributed by atoms with Crippen LogP contribution in [-0.4, -0.2) is 59.5 Å². The molecule has 2 aliphatic heterocycles. The molecule has 1 N–H and O–H groups in total. The molecule has 0 saturated carbocycles. The van der Waals surface area contributed by atoms with E-state index in [0.29, 0.717) is 13.1 Å². The number of rotatable bonds is 4. The van der Waals surface area contributed by atoms with Crippen molar-refractivity contribution in [2.24, 2.45) is 0 Å². The number of benzene rings is 1. The number of fused-ring (bicyclic) bond motifs is 1. The molecule has 27 heavy (non-hydrogen) atoms. The SMILES string of the molecule is CC(=O)N[C@H]1CN(Cc2ccccc2)[C@H](CF)[C@H]2OC(C)(C)C(C)(C)O[C@@H]21. The van der Waals surface area contributed by atoms with Crippen molar-refractivity contribution in [3.8, 4) is 0 Å². The number of carbonyl (C=O) groups is 1. The van der Waals surface area contributed by atoms with Gasteiger partial charge in [0.05, 0.1) is 23.3 Å². The molecule has 0 aliphatic carbocycles. The zero-order valence-corrected chi connectivity index (χ0v) is 16.9. The Balaban J connectivity index is 1.91. The van der Waals surface area contributed by atoms with Gasteiger partial charge in [-0.15, -0.1) is 0 Å². The lowest BCUT2D eigenvalue weighted by Gasteiger charge is -2.58. The highest BCUT2D eigenvalue weighted by atomic mass is 19.1. The van der Waals surface area contributed by atoms with Crippen LogP contribution in [-0.2, 0) is 20.8 Å². The molecule has 3 rings (SSSR count). The highest BCUT2D eigenvalue weighted by Crippen LogP contribution is 2.42. The molecule has 1 aromatic carbocycles. The Morgan fingerprint density at radius 3 is 2.30 bits per heavy atom. The van der Waals surface area contributed by atoms with Crippen LogP contribution < -0.4 is 5.32 Å². The number of amides is 1. The number of carbonyl (C=O) groups excluding carboxylic acids is 1. The van der Waals surface area contributed by atoms with Crippen LogP contribution >= 0.6 is 0 Å². The van der Waals surface area contributed by atoms with Crippen molar-refractivity contribution in [2.75, 3.05) is 13.2 Å². The van der Waals surface area contributed by atoms with E-state index in [1.54, 1.807) is 0 Å². The van der Waals surface area contributed by atoms with Crippen LogP contribution in [0.5, 0.6) is 0 Å². The maximum atomic E-state index is 14.2. The molecule has 5 nitrogen and oxygen atoms in total. The van der Waals surface area contributed by atoms with E-state index in [1.165, 1.54) is 6.92 Å². The average Bonchev–Trinajstić information content (AvgIpc) is 2.57. The zero-order chi connectivity index (χ0) is 19.8. The van der Waals surface area contributed by atoms with Crippen molar-refractivity contribution in [1.82, 2.24) is 10.2 Å². The monoisotopic (exact) mass is 378 g/mol. The molecule has 6 heteroatoms. The highest BCUT2D eigenvalue weighted by Gasteiger charge is 2.56. The van der Waals surface area contributed by atoms with Gasteiger partial charge in [0.1, 0.15) is 18.9 Å². The summed E-state index contributed by atoms with van der Waals surface area (Å²) in [6.07, 6.45) is -0.836. The number of nitrogens with zero attached hydrogens (tertiary/aromatic N) is 1. The fraction of sp³-hybridized carbons (Fsp3) is 0.667. The van der Waals surface area contributed by atoms with E-state index in [-0.39, 0.29) is 18.1 Å². The maximum Gasteiger partial charge on any atom is 0.217 e. The number of likely N-dealkylation sites (tertiary alicyclic amines) is 1. The molecule has 1 aromatic rings. The third-order valence-electron chi connectivity index (χ3n) is 6.09. The zero-order valence-electron chi connectivity index (χ0n) is 16.9. The summed E-state index contributed by atoms with van der Waals surface area (Å²) < 4.78 is 27.0. The molecule has 1 amide bonds. The fourth-order valence-electron chi connectivity index (χ4n) is 3.98. The highest BCUT2D eigenvalue weighted by molar-refractivity contribution is 5.73. The summed E-state index contributed by atoms with van der Waals surface area (Å²) in [7, 11) is 0. The van der Waals surface area contributed by atoms with Crippen LogP contribution in [0.4, 0.5) is 4.39 Å². The van der Waals surface area contributed by atoms with Gasteiger partial charge in [0.2, 0.25) is 5.91 Å². The molecule has 2 saturated heterocycles. The quantitative estimate of drug-likeness (QED) is 0.875. The van der Waals surface area contributed by atoms with Crippen LogP contribution in [0.3, 0.4) is 0 Å². The van der Waals surface area contributed by atoms with Crippen molar-refractivity contribution in [3.63, 3.8) is 0 Å². The van der Waals surface area contributed by atoms with Crippen LogP contribution in [0.15, 0.2) is 30.3 Å². The molecule has 0 bridgehead atoms. The first kappa shape index (κ1) is 20.2. The normalized spacial score (nSPS) is 32.5. The molecule has 0 aromatic heterocycles. The van der Waals surface area contributed by atoms with Gasteiger partial charge in [0.25, 0.3) is 0 Å². The smallest absolute Gasteiger partial charge is 0.217 e. The lowest BCUT2D eigenvalue weighted by Crippen LogP contribution is -2.74. The molecular formula is C21H31FN2O3. The maximum absolute atomic E-state index is 14.2. The van der Waals surface area contributed by atoms with Crippen molar-refractivity contribution in [3.05, 3.63) is 35.9 Å². The summed E-state index contributed by atoms with van der Waals surface area (Å²) in [6, 6.07) is 9.29. The van der Waals surface area contributed by atoms with Gasteiger partial charge < -0.3 is 14.8 Å².